The summed E-state index contributed by atoms with van der Waals surface area (Å²) in [4.78, 5) is 14.3. The van der Waals surface area contributed by atoms with E-state index in [0.717, 1.165) is 19.4 Å². The number of rotatable bonds is 2. The molecule has 1 aliphatic carbocycles. The van der Waals surface area contributed by atoms with Gasteiger partial charge < -0.3 is 5.11 Å². The molecule has 92 valence electrons. The Morgan fingerprint density at radius 1 is 1.50 bits per heavy atom. The summed E-state index contributed by atoms with van der Waals surface area (Å²) in [6, 6.07) is 0.0407. The van der Waals surface area contributed by atoms with Crippen LogP contribution in [0.15, 0.2) is 0 Å². The molecule has 3 nitrogen and oxygen atoms in total. The molecule has 1 heterocycles. The summed E-state index contributed by atoms with van der Waals surface area (Å²) in [5.74, 6) is 1.09. The van der Waals surface area contributed by atoms with Gasteiger partial charge >= 0.3 is 0 Å². The third-order valence-corrected chi connectivity index (χ3v) is 4.53. The molecule has 2 aliphatic rings. The average Bonchev–Trinajstić information content (AvgIpc) is 2.64. The van der Waals surface area contributed by atoms with E-state index in [4.69, 9.17) is 0 Å². The fraction of sp³-hybridized carbons (Fsp3) is 0.923. The summed E-state index contributed by atoms with van der Waals surface area (Å²) in [6.45, 7) is 6.72. The molecule has 0 aromatic rings. The normalized spacial score (nSPS) is 44.0. The third kappa shape index (κ3) is 1.70. The molecular weight excluding hydrogens is 202 g/mol. The van der Waals surface area contributed by atoms with Crippen LogP contribution in [-0.2, 0) is 4.79 Å². The second kappa shape index (κ2) is 3.81. The number of hydrogen-bond donors (Lipinski definition) is 1. The number of carbonyl (C=O) groups excluding carboxylic acids is 1. The Hall–Kier alpha value is -0.410. The maximum atomic E-state index is 12.2. The zero-order valence-corrected chi connectivity index (χ0v) is 10.7. The lowest BCUT2D eigenvalue weighted by atomic mass is 9.84. The smallest absolute Gasteiger partial charge is 0.152 e. The standard InChI is InChI=1S/C13H23NO2/c1-8(2)12(15)11-9-5-6-13(3,16)10(9)7-14(11)4/h8-11,16H,5-7H2,1-4H3/t9-,10-,11?,13?/m0/s1. The van der Waals surface area contributed by atoms with Crippen molar-refractivity contribution in [3.8, 4) is 0 Å². The first-order chi connectivity index (χ1) is 7.34. The number of aliphatic hydroxyl groups is 1. The van der Waals surface area contributed by atoms with Crippen molar-refractivity contribution in [1.29, 1.82) is 0 Å². The van der Waals surface area contributed by atoms with Crippen LogP contribution in [0.25, 0.3) is 0 Å². The van der Waals surface area contributed by atoms with Crippen LogP contribution in [0, 0.1) is 17.8 Å². The van der Waals surface area contributed by atoms with Gasteiger partial charge in [-0.2, -0.15) is 0 Å². The van der Waals surface area contributed by atoms with Crippen LogP contribution in [0.2, 0.25) is 0 Å². The molecule has 1 saturated carbocycles. The van der Waals surface area contributed by atoms with Crippen molar-refractivity contribution >= 4 is 5.78 Å². The number of likely N-dealkylation sites (tertiary alicyclic amines) is 1. The molecule has 2 fully saturated rings. The fourth-order valence-electron chi connectivity index (χ4n) is 3.54. The molecule has 0 aromatic carbocycles. The Kier molecular flexibility index (Phi) is 2.87. The molecule has 0 aromatic heterocycles. The molecule has 16 heavy (non-hydrogen) atoms. The van der Waals surface area contributed by atoms with Crippen molar-refractivity contribution in [3.05, 3.63) is 0 Å². The highest BCUT2D eigenvalue weighted by Gasteiger charge is 2.54. The number of hydrogen-bond acceptors (Lipinski definition) is 3. The van der Waals surface area contributed by atoms with Gasteiger partial charge in [0.25, 0.3) is 0 Å². The van der Waals surface area contributed by atoms with E-state index in [1.165, 1.54) is 0 Å². The number of likely N-dealkylation sites (N-methyl/N-ethyl adjacent to an activating group) is 1. The first-order valence-corrected chi connectivity index (χ1v) is 6.31. The molecular formula is C13H23NO2. The van der Waals surface area contributed by atoms with Gasteiger partial charge in [-0.1, -0.05) is 13.8 Å². The first-order valence-electron chi connectivity index (χ1n) is 6.31. The van der Waals surface area contributed by atoms with Crippen molar-refractivity contribution in [2.75, 3.05) is 13.6 Å². The second-order valence-corrected chi connectivity index (χ2v) is 6.11. The highest BCUT2D eigenvalue weighted by molar-refractivity contribution is 5.86. The van der Waals surface area contributed by atoms with Gasteiger partial charge in [0.2, 0.25) is 0 Å². The minimum absolute atomic E-state index is 0.0407. The monoisotopic (exact) mass is 225 g/mol. The summed E-state index contributed by atoms with van der Waals surface area (Å²) in [5, 5.41) is 10.3. The maximum Gasteiger partial charge on any atom is 0.152 e. The van der Waals surface area contributed by atoms with E-state index in [1.54, 1.807) is 0 Å². The number of fused-ring (bicyclic) bond motifs is 1. The molecule has 1 saturated heterocycles. The largest absolute Gasteiger partial charge is 0.390 e. The van der Waals surface area contributed by atoms with Gasteiger partial charge in [0, 0.05) is 18.4 Å². The minimum atomic E-state index is -0.565. The fourth-order valence-corrected chi connectivity index (χ4v) is 3.54. The Balaban J connectivity index is 2.20. The topological polar surface area (TPSA) is 40.5 Å². The van der Waals surface area contributed by atoms with Crippen LogP contribution in [-0.4, -0.2) is 41.0 Å². The second-order valence-electron chi connectivity index (χ2n) is 6.11. The van der Waals surface area contributed by atoms with Gasteiger partial charge in [0.05, 0.1) is 11.6 Å². The van der Waals surface area contributed by atoms with Crippen LogP contribution in [0.5, 0.6) is 0 Å². The van der Waals surface area contributed by atoms with Crippen LogP contribution in [0.1, 0.15) is 33.6 Å². The highest BCUT2D eigenvalue weighted by Crippen LogP contribution is 2.47. The summed E-state index contributed by atoms with van der Waals surface area (Å²) >= 11 is 0. The molecule has 1 aliphatic heterocycles. The van der Waals surface area contributed by atoms with Gasteiger partial charge in [-0.25, -0.2) is 0 Å². The van der Waals surface area contributed by atoms with Gasteiger partial charge in [-0.05, 0) is 32.7 Å². The van der Waals surface area contributed by atoms with E-state index in [2.05, 4.69) is 4.90 Å². The van der Waals surface area contributed by atoms with Crippen LogP contribution in [0.4, 0.5) is 0 Å². The lowest BCUT2D eigenvalue weighted by Crippen LogP contribution is -2.39. The summed E-state index contributed by atoms with van der Waals surface area (Å²) in [7, 11) is 2.01. The summed E-state index contributed by atoms with van der Waals surface area (Å²) < 4.78 is 0. The molecule has 2 unspecified atom stereocenters. The van der Waals surface area contributed by atoms with Gasteiger partial charge in [-0.3, -0.25) is 9.69 Å². The number of Topliss-reactive ketones (excluding diaryl/α,β-unsaturated/α-hetero) is 1. The molecule has 2 rings (SSSR count). The third-order valence-electron chi connectivity index (χ3n) is 4.53. The van der Waals surface area contributed by atoms with Gasteiger partial charge in [0.15, 0.2) is 5.78 Å². The van der Waals surface area contributed by atoms with Crippen molar-refractivity contribution < 1.29 is 9.90 Å². The lowest BCUT2D eigenvalue weighted by Gasteiger charge is -2.24. The van der Waals surface area contributed by atoms with Crippen LogP contribution >= 0.6 is 0 Å². The quantitative estimate of drug-likeness (QED) is 0.770. The number of ketones is 1. The van der Waals surface area contributed by atoms with E-state index in [9.17, 15) is 9.90 Å². The first kappa shape index (κ1) is 12.1. The Labute approximate surface area is 97.8 Å². The van der Waals surface area contributed by atoms with Crippen molar-refractivity contribution in [3.63, 3.8) is 0 Å². The van der Waals surface area contributed by atoms with Gasteiger partial charge in [0.1, 0.15) is 0 Å². The van der Waals surface area contributed by atoms with Gasteiger partial charge in [-0.15, -0.1) is 0 Å². The molecule has 0 radical (unpaired) electrons. The van der Waals surface area contributed by atoms with Crippen LogP contribution in [0.3, 0.4) is 0 Å². The zero-order chi connectivity index (χ0) is 12.1. The molecule has 0 bridgehead atoms. The van der Waals surface area contributed by atoms with Crippen molar-refractivity contribution in [2.45, 2.75) is 45.3 Å². The summed E-state index contributed by atoms with van der Waals surface area (Å²) in [6.07, 6.45) is 1.84. The van der Waals surface area contributed by atoms with E-state index in [1.807, 2.05) is 27.8 Å². The maximum absolute atomic E-state index is 12.2. The lowest BCUT2D eigenvalue weighted by molar-refractivity contribution is -0.127. The average molecular weight is 225 g/mol. The van der Waals surface area contributed by atoms with E-state index in [0.29, 0.717) is 11.7 Å². The SMILES string of the molecule is CC(C)C(=O)C1[C@H]2CCC(C)(O)[C@H]2CN1C. The predicted octanol–water partition coefficient (Wildman–Crippen LogP) is 1.30. The number of carbonyl (C=O) groups is 1. The van der Waals surface area contributed by atoms with Crippen molar-refractivity contribution in [2.24, 2.45) is 17.8 Å². The Morgan fingerprint density at radius 2 is 2.12 bits per heavy atom. The predicted molar refractivity (Wildman–Crippen MR) is 63.1 cm³/mol. The number of nitrogens with zero attached hydrogens (tertiary/aromatic N) is 1. The van der Waals surface area contributed by atoms with E-state index >= 15 is 0 Å². The molecule has 3 heteroatoms. The van der Waals surface area contributed by atoms with E-state index in [-0.39, 0.29) is 17.9 Å². The molecule has 1 N–H and O–H groups in total. The molecule has 0 spiro atoms. The van der Waals surface area contributed by atoms with Crippen molar-refractivity contribution in [1.82, 2.24) is 4.90 Å². The summed E-state index contributed by atoms with van der Waals surface area (Å²) in [5.41, 5.74) is -0.565. The Morgan fingerprint density at radius 3 is 2.69 bits per heavy atom. The van der Waals surface area contributed by atoms with E-state index < -0.39 is 5.60 Å². The molecule has 4 atom stereocenters. The molecule has 0 amide bonds. The Bertz CT molecular complexity index is 298. The highest BCUT2D eigenvalue weighted by atomic mass is 16.3. The minimum Gasteiger partial charge on any atom is -0.390 e. The zero-order valence-electron chi connectivity index (χ0n) is 10.7. The van der Waals surface area contributed by atoms with Crippen LogP contribution < -0.4 is 0 Å².